The quantitative estimate of drug-likeness (QED) is 0.855. The molecule has 1 saturated heterocycles. The van der Waals surface area contributed by atoms with Gasteiger partial charge in [-0.3, -0.25) is 4.79 Å². The molecule has 0 unspecified atom stereocenters. The van der Waals surface area contributed by atoms with Gasteiger partial charge in [0, 0.05) is 45.4 Å². The van der Waals surface area contributed by atoms with E-state index in [1.165, 1.54) is 0 Å². The second-order valence-corrected chi connectivity index (χ2v) is 4.84. The second-order valence-electron chi connectivity index (χ2n) is 4.84. The summed E-state index contributed by atoms with van der Waals surface area (Å²) in [7, 11) is 0. The summed E-state index contributed by atoms with van der Waals surface area (Å²) in [4.78, 5) is 18.1. The number of hydrogen-bond acceptors (Lipinski definition) is 5. The minimum absolute atomic E-state index is 0. The lowest BCUT2D eigenvalue weighted by Crippen LogP contribution is -2.46. The van der Waals surface area contributed by atoms with Gasteiger partial charge in [-0.25, -0.2) is 0 Å². The van der Waals surface area contributed by atoms with Crippen molar-refractivity contribution in [1.82, 2.24) is 20.4 Å². The molecule has 1 amide bonds. The van der Waals surface area contributed by atoms with Gasteiger partial charge in [-0.05, 0) is 12.8 Å². The molecule has 20 heavy (non-hydrogen) atoms. The number of nitrogens with zero attached hydrogens (tertiary/aromatic N) is 3. The molecule has 1 aliphatic heterocycles. The van der Waals surface area contributed by atoms with Gasteiger partial charge in [0.2, 0.25) is 11.8 Å². The van der Waals surface area contributed by atoms with Crippen LogP contribution in [0.2, 0.25) is 0 Å². The van der Waals surface area contributed by atoms with Crippen LogP contribution in [0.1, 0.15) is 37.9 Å². The lowest BCUT2D eigenvalue weighted by molar-refractivity contribution is -0.131. The number of hydrogen-bond donors (Lipinski definition) is 1. The molecule has 7 heteroatoms. The molecule has 2 heterocycles. The normalized spacial score (nSPS) is 14.9. The van der Waals surface area contributed by atoms with E-state index in [9.17, 15) is 4.79 Å². The maximum Gasteiger partial charge on any atom is 0.226 e. The lowest BCUT2D eigenvalue weighted by atomic mass is 10.2. The maximum atomic E-state index is 11.9. The van der Waals surface area contributed by atoms with Gasteiger partial charge in [0.05, 0.1) is 0 Å². The van der Waals surface area contributed by atoms with Crippen molar-refractivity contribution in [2.45, 2.75) is 39.0 Å². The number of aromatic nitrogens is 2. The molecule has 114 valence electrons. The summed E-state index contributed by atoms with van der Waals surface area (Å²) in [6.45, 7) is 5.52. The van der Waals surface area contributed by atoms with Gasteiger partial charge in [0.1, 0.15) is 0 Å². The lowest BCUT2D eigenvalue weighted by Gasteiger charge is -2.27. The Morgan fingerprint density at radius 3 is 2.80 bits per heavy atom. The van der Waals surface area contributed by atoms with E-state index in [1.807, 2.05) is 4.90 Å². The Labute approximate surface area is 125 Å². The largest absolute Gasteiger partial charge is 0.340 e. The van der Waals surface area contributed by atoms with Gasteiger partial charge in [-0.15, -0.1) is 12.4 Å². The van der Waals surface area contributed by atoms with Crippen molar-refractivity contribution in [2.75, 3.05) is 26.2 Å². The predicted molar refractivity (Wildman–Crippen MR) is 77.9 cm³/mol. The van der Waals surface area contributed by atoms with Crippen molar-refractivity contribution in [3.63, 3.8) is 0 Å². The molecule has 6 nitrogen and oxygen atoms in total. The van der Waals surface area contributed by atoms with Crippen molar-refractivity contribution in [3.8, 4) is 0 Å². The summed E-state index contributed by atoms with van der Waals surface area (Å²) in [6, 6.07) is 0. The molecule has 1 N–H and O–H groups in total. The number of halogens is 1. The molecular formula is C13H23ClN4O2. The van der Waals surface area contributed by atoms with E-state index in [0.29, 0.717) is 18.7 Å². The molecule has 1 aliphatic rings. The highest BCUT2D eigenvalue weighted by Gasteiger charge is 2.16. The first-order valence-electron chi connectivity index (χ1n) is 7.09. The number of nitrogens with one attached hydrogen (secondary N) is 1. The number of aryl methyl sites for hydroxylation is 2. The third-order valence-corrected chi connectivity index (χ3v) is 3.23. The average molecular weight is 303 g/mol. The van der Waals surface area contributed by atoms with E-state index >= 15 is 0 Å². The van der Waals surface area contributed by atoms with E-state index in [-0.39, 0.29) is 18.3 Å². The van der Waals surface area contributed by atoms with Crippen LogP contribution < -0.4 is 5.32 Å². The summed E-state index contributed by atoms with van der Waals surface area (Å²) in [5.41, 5.74) is 0. The molecule has 2 rings (SSSR count). The zero-order valence-corrected chi connectivity index (χ0v) is 12.7. The van der Waals surface area contributed by atoms with Gasteiger partial charge in [0.15, 0.2) is 5.82 Å². The highest BCUT2D eigenvalue weighted by molar-refractivity contribution is 5.85. The van der Waals surface area contributed by atoms with E-state index in [2.05, 4.69) is 22.4 Å². The molecule has 0 spiro atoms. The summed E-state index contributed by atoms with van der Waals surface area (Å²) >= 11 is 0. The van der Waals surface area contributed by atoms with Crippen LogP contribution in [0.3, 0.4) is 0 Å². The van der Waals surface area contributed by atoms with Crippen LogP contribution >= 0.6 is 12.4 Å². The SMILES string of the molecule is CCCc1noc(CCCC(=O)N2CCNCC2)n1.Cl. The van der Waals surface area contributed by atoms with Gasteiger partial charge in [0.25, 0.3) is 0 Å². The molecule has 0 atom stereocenters. The Bertz CT molecular complexity index is 405. The minimum atomic E-state index is 0. The average Bonchev–Trinajstić information content (AvgIpc) is 2.88. The standard InChI is InChI=1S/C13H22N4O2.ClH/c1-2-4-11-15-12(19-16-11)5-3-6-13(18)17-9-7-14-8-10-17;/h14H,2-10H2,1H3;1H. The molecule has 0 aromatic carbocycles. The third-order valence-electron chi connectivity index (χ3n) is 3.23. The fourth-order valence-corrected chi connectivity index (χ4v) is 2.18. The Morgan fingerprint density at radius 1 is 1.35 bits per heavy atom. The number of rotatable bonds is 6. The first-order chi connectivity index (χ1) is 9.29. The molecule has 0 saturated carbocycles. The molecular weight excluding hydrogens is 280 g/mol. The van der Waals surface area contributed by atoms with Crippen LogP contribution in [0.25, 0.3) is 0 Å². The topological polar surface area (TPSA) is 71.3 Å². The van der Waals surface area contributed by atoms with Crippen LogP contribution in [-0.2, 0) is 17.6 Å². The monoisotopic (exact) mass is 302 g/mol. The van der Waals surface area contributed by atoms with Crippen molar-refractivity contribution in [3.05, 3.63) is 11.7 Å². The van der Waals surface area contributed by atoms with E-state index in [4.69, 9.17) is 4.52 Å². The van der Waals surface area contributed by atoms with Crippen molar-refractivity contribution >= 4 is 18.3 Å². The summed E-state index contributed by atoms with van der Waals surface area (Å²) < 4.78 is 5.15. The minimum Gasteiger partial charge on any atom is -0.340 e. The second kappa shape index (κ2) is 8.92. The van der Waals surface area contributed by atoms with Crippen LogP contribution in [0.4, 0.5) is 0 Å². The van der Waals surface area contributed by atoms with E-state index in [1.54, 1.807) is 0 Å². The Hall–Kier alpha value is -1.14. The number of carbonyl (C=O) groups is 1. The fourth-order valence-electron chi connectivity index (χ4n) is 2.18. The molecule has 0 aliphatic carbocycles. The number of amides is 1. The van der Waals surface area contributed by atoms with Gasteiger partial charge in [-0.1, -0.05) is 12.1 Å². The smallest absolute Gasteiger partial charge is 0.226 e. The predicted octanol–water partition coefficient (Wildman–Crippen LogP) is 1.20. The molecule has 0 radical (unpaired) electrons. The maximum absolute atomic E-state index is 11.9. The number of carbonyl (C=O) groups excluding carboxylic acids is 1. The van der Waals surface area contributed by atoms with Crippen molar-refractivity contribution < 1.29 is 9.32 Å². The molecule has 1 fully saturated rings. The zero-order chi connectivity index (χ0) is 13.5. The Morgan fingerprint density at radius 2 is 2.10 bits per heavy atom. The third kappa shape index (κ3) is 5.09. The first kappa shape index (κ1) is 16.9. The fraction of sp³-hybridized carbons (Fsp3) is 0.769. The summed E-state index contributed by atoms with van der Waals surface area (Å²) in [6.07, 6.45) is 3.89. The van der Waals surface area contributed by atoms with Crippen molar-refractivity contribution in [1.29, 1.82) is 0 Å². The number of piperazine rings is 1. The Kier molecular flexibility index (Phi) is 7.54. The highest BCUT2D eigenvalue weighted by Crippen LogP contribution is 2.06. The Balaban J connectivity index is 0.00000200. The van der Waals surface area contributed by atoms with E-state index in [0.717, 1.165) is 51.3 Å². The van der Waals surface area contributed by atoms with Crippen LogP contribution in [0.5, 0.6) is 0 Å². The zero-order valence-electron chi connectivity index (χ0n) is 11.9. The molecule has 0 bridgehead atoms. The summed E-state index contributed by atoms with van der Waals surface area (Å²) in [5.74, 6) is 1.65. The molecule has 1 aromatic heterocycles. The first-order valence-corrected chi connectivity index (χ1v) is 7.09. The van der Waals surface area contributed by atoms with Crippen LogP contribution in [0, 0.1) is 0 Å². The summed E-state index contributed by atoms with van der Waals surface area (Å²) in [5, 5.41) is 7.14. The van der Waals surface area contributed by atoms with Gasteiger partial charge < -0.3 is 14.7 Å². The highest BCUT2D eigenvalue weighted by atomic mass is 35.5. The molecule has 1 aromatic rings. The van der Waals surface area contributed by atoms with Crippen LogP contribution in [-0.4, -0.2) is 47.1 Å². The van der Waals surface area contributed by atoms with Crippen molar-refractivity contribution in [2.24, 2.45) is 0 Å². The van der Waals surface area contributed by atoms with Crippen LogP contribution in [0.15, 0.2) is 4.52 Å². The van der Waals surface area contributed by atoms with Gasteiger partial charge >= 0.3 is 0 Å². The van der Waals surface area contributed by atoms with E-state index < -0.39 is 0 Å². The van der Waals surface area contributed by atoms with Gasteiger partial charge in [-0.2, -0.15) is 4.98 Å².